The molecule has 1 amide bonds. The number of carbonyl (C=O) groups excluding carboxylic acids is 2. The summed E-state index contributed by atoms with van der Waals surface area (Å²) in [6.45, 7) is 3.10. The van der Waals surface area contributed by atoms with Gasteiger partial charge in [-0.2, -0.15) is 4.73 Å². The van der Waals surface area contributed by atoms with Gasteiger partial charge in [0.15, 0.2) is 23.9 Å². The number of fused-ring (bicyclic) bond motifs is 3. The molecule has 3 saturated heterocycles. The predicted octanol–water partition coefficient (Wildman–Crippen LogP) is 7.94. The number of methoxy groups -OCH3 is 1. The van der Waals surface area contributed by atoms with Gasteiger partial charge in [-0.1, -0.05) is 53.5 Å². The van der Waals surface area contributed by atoms with Crippen LogP contribution in [0, 0.1) is 22.9 Å². The number of hydrogen-bond acceptors (Lipinski definition) is 8. The van der Waals surface area contributed by atoms with Crippen LogP contribution in [0.2, 0.25) is 10.0 Å². The van der Waals surface area contributed by atoms with Crippen molar-refractivity contribution in [2.75, 3.05) is 38.3 Å². The van der Waals surface area contributed by atoms with Crippen molar-refractivity contribution in [1.82, 2.24) is 4.90 Å². The lowest BCUT2D eigenvalue weighted by molar-refractivity contribution is -0.605. The summed E-state index contributed by atoms with van der Waals surface area (Å²) in [6, 6.07) is 17.9. The Kier molecular flexibility index (Phi) is 11.2. The van der Waals surface area contributed by atoms with Crippen LogP contribution in [0.5, 0.6) is 11.5 Å². The fraction of sp³-hybridized carbons (Fsp3) is 0.375. The van der Waals surface area contributed by atoms with E-state index < -0.39 is 24.0 Å². The molecule has 3 aliphatic heterocycles. The zero-order chi connectivity index (χ0) is 37.1. The molecule has 4 fully saturated rings. The maximum atomic E-state index is 15.2. The molecule has 4 heterocycles. The number of rotatable bonds is 13. The lowest BCUT2D eigenvalue weighted by atomic mass is 9.86. The van der Waals surface area contributed by atoms with Crippen LogP contribution in [0.25, 0.3) is 0 Å². The molecule has 13 heteroatoms. The van der Waals surface area contributed by atoms with Gasteiger partial charge in [0.05, 0.1) is 31.5 Å². The van der Waals surface area contributed by atoms with E-state index in [1.807, 2.05) is 0 Å². The second-order valence-corrected chi connectivity index (χ2v) is 14.7. The molecule has 4 aromatic rings. The number of para-hydroxylation sites is 1. The molecule has 0 unspecified atom stereocenters. The smallest absolute Gasteiger partial charge is 0.415 e. The van der Waals surface area contributed by atoms with Crippen molar-refractivity contribution in [3.63, 3.8) is 0 Å². The van der Waals surface area contributed by atoms with Crippen molar-refractivity contribution in [1.29, 1.82) is 0 Å². The third-order valence-corrected chi connectivity index (χ3v) is 10.8. The van der Waals surface area contributed by atoms with E-state index in [2.05, 4.69) is 4.90 Å². The molecule has 53 heavy (non-hydrogen) atoms. The van der Waals surface area contributed by atoms with E-state index in [9.17, 15) is 14.8 Å². The van der Waals surface area contributed by atoms with Crippen molar-refractivity contribution in [3.8, 4) is 11.5 Å². The first-order valence-electron chi connectivity index (χ1n) is 17.8. The minimum absolute atomic E-state index is 0.0465. The fourth-order valence-corrected chi connectivity index (χ4v) is 7.57. The largest absolute Gasteiger partial charge is 0.619 e. The predicted molar refractivity (Wildman–Crippen MR) is 197 cm³/mol. The Bertz CT molecular complexity index is 1950. The van der Waals surface area contributed by atoms with Gasteiger partial charge in [-0.15, -0.1) is 0 Å². The highest BCUT2D eigenvalue weighted by atomic mass is 35.5. The molecular weight excluding hydrogens is 724 g/mol. The van der Waals surface area contributed by atoms with Crippen LogP contribution in [-0.2, 0) is 22.4 Å². The fourth-order valence-electron chi connectivity index (χ4n) is 6.97. The molecule has 4 aliphatic rings. The van der Waals surface area contributed by atoms with Gasteiger partial charge < -0.3 is 24.2 Å². The van der Waals surface area contributed by atoms with Gasteiger partial charge in [-0.25, -0.2) is 14.0 Å². The van der Waals surface area contributed by atoms with E-state index in [1.54, 1.807) is 61.7 Å². The summed E-state index contributed by atoms with van der Waals surface area (Å²) >= 11 is 12.9. The monoisotopic (exact) mass is 763 g/mol. The average molecular weight is 765 g/mol. The Morgan fingerprint density at radius 2 is 1.74 bits per heavy atom. The van der Waals surface area contributed by atoms with E-state index in [-0.39, 0.29) is 46.3 Å². The van der Waals surface area contributed by atoms with Crippen molar-refractivity contribution in [2.45, 2.75) is 50.9 Å². The van der Waals surface area contributed by atoms with Crippen molar-refractivity contribution in [3.05, 3.63) is 122 Å². The molecule has 1 saturated carbocycles. The summed E-state index contributed by atoms with van der Waals surface area (Å²) < 4.78 is 39.5. The lowest BCUT2D eigenvalue weighted by Crippen LogP contribution is -2.53. The second-order valence-electron chi connectivity index (χ2n) is 13.9. The first-order chi connectivity index (χ1) is 25.6. The maximum Gasteiger partial charge on any atom is 0.415 e. The van der Waals surface area contributed by atoms with E-state index >= 15 is 4.39 Å². The Labute approximate surface area is 317 Å². The third kappa shape index (κ3) is 8.80. The molecule has 0 N–H and O–H groups in total. The molecule has 2 atom stereocenters. The van der Waals surface area contributed by atoms with Gasteiger partial charge in [0, 0.05) is 18.5 Å². The first kappa shape index (κ1) is 36.8. The number of nitrogens with zero attached hydrogens (tertiary/aromatic N) is 3. The zero-order valence-corrected chi connectivity index (χ0v) is 30.7. The molecule has 1 aromatic heterocycles. The number of carbonyl (C=O) groups is 2. The van der Waals surface area contributed by atoms with Crippen LogP contribution >= 0.6 is 23.2 Å². The summed E-state index contributed by atoms with van der Waals surface area (Å²) in [5.41, 5.74) is 1.84. The Morgan fingerprint density at radius 3 is 2.42 bits per heavy atom. The van der Waals surface area contributed by atoms with E-state index in [0.29, 0.717) is 52.0 Å². The van der Waals surface area contributed by atoms with Crippen LogP contribution in [0.1, 0.15) is 58.8 Å². The molecule has 8 rings (SSSR count). The SMILES string of the molecule is COc1ccc([C@@H](Cc2c(Cl)c[n+]([O-])cc2Cl)OC(=O)c2cccc(CN(C(=O)O[C@H]3CN4CCC3CC4)c3ccccc3F)c2)cc1OCC1CC1. The van der Waals surface area contributed by atoms with E-state index in [0.717, 1.165) is 38.8 Å². The Morgan fingerprint density at radius 1 is 0.981 bits per heavy atom. The van der Waals surface area contributed by atoms with Crippen LogP contribution in [-0.4, -0.2) is 56.4 Å². The van der Waals surface area contributed by atoms with Crippen LogP contribution < -0.4 is 19.1 Å². The standard InChI is InChI=1S/C40H40Cl2FN3O7/c1-50-35-12-11-28(18-37(35)51-24-25-9-10-25)36(19-30-31(41)21-45(49)22-32(30)42)52-39(47)29-6-4-5-26(17-29)20-46(34-8-3-2-7-33(34)43)40(48)53-38-23-44-15-13-27(38)14-16-44/h2-8,11-12,17-18,21-22,25,27,36,38H,9-10,13-16,19-20,23-24H2,1H3/t36-,38+/m1/s1. The summed E-state index contributed by atoms with van der Waals surface area (Å²) in [7, 11) is 1.55. The van der Waals surface area contributed by atoms with Crippen molar-refractivity contribution < 1.29 is 37.7 Å². The average Bonchev–Trinajstić information content (AvgIpc) is 3.99. The quantitative estimate of drug-likeness (QED) is 0.0769. The highest BCUT2D eigenvalue weighted by molar-refractivity contribution is 6.35. The number of hydrogen-bond donors (Lipinski definition) is 0. The Balaban J connectivity index is 1.15. The van der Waals surface area contributed by atoms with Gasteiger partial charge in [-0.3, -0.25) is 9.80 Å². The second kappa shape index (κ2) is 16.2. The molecule has 1 aliphatic carbocycles. The number of esters is 1. The highest BCUT2D eigenvalue weighted by Crippen LogP contribution is 2.38. The van der Waals surface area contributed by atoms with Gasteiger partial charge >= 0.3 is 12.1 Å². The van der Waals surface area contributed by atoms with Crippen LogP contribution in [0.4, 0.5) is 14.9 Å². The van der Waals surface area contributed by atoms with Gasteiger partial charge in [0.2, 0.25) is 0 Å². The molecular formula is C40H40Cl2FN3O7. The van der Waals surface area contributed by atoms with Crippen molar-refractivity contribution in [2.24, 2.45) is 11.8 Å². The number of benzene rings is 3. The number of amides is 1. The minimum atomic E-state index is -0.913. The topological polar surface area (TPSA) is 104 Å². The van der Waals surface area contributed by atoms with Crippen LogP contribution in [0.3, 0.4) is 0 Å². The number of halogens is 3. The lowest BCUT2D eigenvalue weighted by Gasteiger charge is -2.44. The molecule has 0 radical (unpaired) electrons. The maximum absolute atomic E-state index is 15.2. The molecule has 2 bridgehead atoms. The zero-order valence-electron chi connectivity index (χ0n) is 29.2. The molecule has 0 spiro atoms. The van der Waals surface area contributed by atoms with E-state index in [4.69, 9.17) is 42.1 Å². The number of anilines is 1. The summed E-state index contributed by atoms with van der Waals surface area (Å²) in [4.78, 5) is 31.2. The third-order valence-electron chi connectivity index (χ3n) is 10.1. The molecule has 10 nitrogen and oxygen atoms in total. The summed E-state index contributed by atoms with van der Waals surface area (Å²) in [5.74, 6) is 0.551. The molecule has 3 aromatic carbocycles. The minimum Gasteiger partial charge on any atom is -0.619 e. The van der Waals surface area contributed by atoms with Crippen molar-refractivity contribution >= 4 is 41.0 Å². The summed E-state index contributed by atoms with van der Waals surface area (Å²) in [5, 5.41) is 12.2. The highest BCUT2D eigenvalue weighted by Gasteiger charge is 2.38. The van der Waals surface area contributed by atoms with E-state index in [1.165, 1.54) is 29.4 Å². The van der Waals surface area contributed by atoms with Gasteiger partial charge in [0.1, 0.15) is 28.1 Å². The number of pyridine rings is 1. The summed E-state index contributed by atoms with van der Waals surface area (Å²) in [6.07, 6.45) is 4.69. The number of piperidine rings is 3. The Hall–Kier alpha value is -4.58. The van der Waals surface area contributed by atoms with Gasteiger partial charge in [0.25, 0.3) is 0 Å². The number of aromatic nitrogens is 1. The first-order valence-corrected chi connectivity index (χ1v) is 18.5. The number of ether oxygens (including phenoxy) is 4. The normalized spacial score (nSPS) is 19.7. The molecule has 278 valence electrons. The van der Waals surface area contributed by atoms with Crippen LogP contribution in [0.15, 0.2) is 79.1 Å². The van der Waals surface area contributed by atoms with Gasteiger partial charge in [-0.05, 0) is 98.1 Å².